The third-order valence-corrected chi connectivity index (χ3v) is 6.85. The van der Waals surface area contributed by atoms with Crippen molar-refractivity contribution in [2.24, 2.45) is 0 Å². The summed E-state index contributed by atoms with van der Waals surface area (Å²) in [6, 6.07) is 7.82. The van der Waals surface area contributed by atoms with Crippen LogP contribution in [0.1, 0.15) is 22.6 Å². The van der Waals surface area contributed by atoms with Crippen molar-refractivity contribution in [1.82, 2.24) is 14.4 Å². The second kappa shape index (κ2) is 7.66. The third kappa shape index (κ3) is 3.96. The van der Waals surface area contributed by atoms with Crippen LogP contribution >= 0.6 is 0 Å². The van der Waals surface area contributed by atoms with E-state index in [1.54, 1.807) is 30.9 Å². The molecule has 0 radical (unpaired) electrons. The van der Waals surface area contributed by atoms with Crippen LogP contribution in [0.25, 0.3) is 6.08 Å². The number of aryl methyl sites for hydroxylation is 3. The number of hydrogen-bond acceptors (Lipinski definition) is 5. The Morgan fingerprint density at radius 1 is 1.11 bits per heavy atom. The number of sulfonamides is 1. The topological polar surface area (TPSA) is 83.7 Å². The van der Waals surface area contributed by atoms with Crippen LogP contribution in [0.15, 0.2) is 39.8 Å². The van der Waals surface area contributed by atoms with Gasteiger partial charge in [0.2, 0.25) is 15.9 Å². The predicted molar refractivity (Wildman–Crippen MR) is 102 cm³/mol. The average molecular weight is 389 g/mol. The minimum absolute atomic E-state index is 0.118. The summed E-state index contributed by atoms with van der Waals surface area (Å²) >= 11 is 0. The van der Waals surface area contributed by atoms with Crippen molar-refractivity contribution in [2.45, 2.75) is 25.7 Å². The minimum Gasteiger partial charge on any atom is -0.360 e. The number of carbonyl (C=O) groups is 1. The Morgan fingerprint density at radius 3 is 2.37 bits per heavy atom. The van der Waals surface area contributed by atoms with Gasteiger partial charge in [-0.3, -0.25) is 4.79 Å². The Kier molecular flexibility index (Phi) is 5.48. The molecule has 144 valence electrons. The number of nitrogens with zero attached hydrogens (tertiary/aromatic N) is 3. The van der Waals surface area contributed by atoms with Crippen LogP contribution in [-0.2, 0) is 14.8 Å². The molecule has 1 amide bonds. The molecular weight excluding hydrogens is 366 g/mol. The summed E-state index contributed by atoms with van der Waals surface area (Å²) in [5, 5.41) is 3.73. The van der Waals surface area contributed by atoms with Crippen LogP contribution < -0.4 is 0 Å². The van der Waals surface area contributed by atoms with E-state index in [0.29, 0.717) is 18.8 Å². The first kappa shape index (κ1) is 19.3. The smallest absolute Gasteiger partial charge is 0.248 e. The molecule has 1 saturated heterocycles. The Morgan fingerprint density at radius 2 is 1.78 bits per heavy atom. The van der Waals surface area contributed by atoms with Crippen LogP contribution in [0.3, 0.4) is 0 Å². The lowest BCUT2D eigenvalue weighted by atomic mass is 10.1. The summed E-state index contributed by atoms with van der Waals surface area (Å²) in [6.45, 7) is 6.37. The molecule has 0 bridgehead atoms. The molecule has 3 rings (SSSR count). The quantitative estimate of drug-likeness (QED) is 0.748. The summed E-state index contributed by atoms with van der Waals surface area (Å²) in [6.07, 6.45) is 3.34. The summed E-state index contributed by atoms with van der Waals surface area (Å²) in [4.78, 5) is 14.2. The molecule has 0 N–H and O–H groups in total. The van der Waals surface area contributed by atoms with Crippen LogP contribution in [-0.4, -0.2) is 54.9 Å². The summed E-state index contributed by atoms with van der Waals surface area (Å²) < 4.78 is 32.0. The van der Waals surface area contributed by atoms with E-state index in [1.807, 2.05) is 31.2 Å². The summed E-state index contributed by atoms with van der Waals surface area (Å²) in [5.41, 5.74) is 2.44. The molecule has 0 atom stereocenters. The highest BCUT2D eigenvalue weighted by molar-refractivity contribution is 7.89. The standard InChI is InChI=1S/C19H23N3O4S/c1-14-6-4-5-7-17(14)8-9-18(23)21-10-12-22(13-11-21)27(24,25)19-15(2)20-26-16(19)3/h4-9H,10-13H2,1-3H3/b9-8+. The van der Waals surface area contributed by atoms with Gasteiger partial charge in [0.25, 0.3) is 0 Å². The number of hydrogen-bond donors (Lipinski definition) is 0. The van der Waals surface area contributed by atoms with Gasteiger partial charge in [-0.15, -0.1) is 0 Å². The van der Waals surface area contributed by atoms with E-state index in [4.69, 9.17) is 4.52 Å². The molecule has 1 aromatic carbocycles. The second-order valence-corrected chi connectivity index (χ2v) is 8.45. The van der Waals surface area contributed by atoms with Crippen molar-refractivity contribution in [2.75, 3.05) is 26.2 Å². The Bertz CT molecular complexity index is 951. The fourth-order valence-electron chi connectivity index (χ4n) is 3.16. The van der Waals surface area contributed by atoms with Gasteiger partial charge in [-0.05, 0) is 38.0 Å². The highest BCUT2D eigenvalue weighted by Gasteiger charge is 2.33. The summed E-state index contributed by atoms with van der Waals surface area (Å²) in [5.74, 6) is 0.166. The van der Waals surface area contributed by atoms with Crippen LogP contribution in [0.5, 0.6) is 0 Å². The van der Waals surface area contributed by atoms with Gasteiger partial charge in [0, 0.05) is 32.3 Å². The molecule has 1 fully saturated rings. The maximum atomic E-state index is 12.8. The van der Waals surface area contributed by atoms with E-state index >= 15 is 0 Å². The van der Waals surface area contributed by atoms with Gasteiger partial charge in [0.1, 0.15) is 10.6 Å². The lowest BCUT2D eigenvalue weighted by Crippen LogP contribution is -2.50. The lowest BCUT2D eigenvalue weighted by Gasteiger charge is -2.33. The Labute approximate surface area is 159 Å². The third-order valence-electron chi connectivity index (χ3n) is 4.71. The van der Waals surface area contributed by atoms with Crippen molar-refractivity contribution in [3.8, 4) is 0 Å². The van der Waals surface area contributed by atoms with Gasteiger partial charge in [0.05, 0.1) is 0 Å². The van der Waals surface area contributed by atoms with Crippen molar-refractivity contribution < 1.29 is 17.7 Å². The summed E-state index contributed by atoms with van der Waals surface area (Å²) in [7, 11) is -3.67. The van der Waals surface area contributed by atoms with E-state index in [-0.39, 0.29) is 29.7 Å². The molecule has 27 heavy (non-hydrogen) atoms. The zero-order chi connectivity index (χ0) is 19.6. The molecule has 0 aliphatic carbocycles. The SMILES string of the molecule is Cc1ccccc1/C=C/C(=O)N1CCN(S(=O)(=O)c2c(C)noc2C)CC1. The monoisotopic (exact) mass is 389 g/mol. The lowest BCUT2D eigenvalue weighted by molar-refractivity contribution is -0.127. The normalized spacial score (nSPS) is 16.2. The molecule has 7 nitrogen and oxygen atoms in total. The zero-order valence-corrected chi connectivity index (χ0v) is 16.5. The second-order valence-electron chi connectivity index (χ2n) is 6.57. The van der Waals surface area contributed by atoms with Gasteiger partial charge in [-0.1, -0.05) is 29.4 Å². The van der Waals surface area contributed by atoms with E-state index in [2.05, 4.69) is 5.16 Å². The van der Waals surface area contributed by atoms with E-state index in [9.17, 15) is 13.2 Å². The molecule has 0 spiro atoms. The molecule has 2 heterocycles. The average Bonchev–Trinajstić information content (AvgIpc) is 3.00. The number of amides is 1. The van der Waals surface area contributed by atoms with Gasteiger partial charge in [-0.2, -0.15) is 4.31 Å². The number of carbonyl (C=O) groups excluding carboxylic acids is 1. The number of piperazine rings is 1. The predicted octanol–water partition coefficient (Wildman–Crippen LogP) is 2.15. The minimum atomic E-state index is -3.67. The van der Waals surface area contributed by atoms with Gasteiger partial charge < -0.3 is 9.42 Å². The molecule has 1 aliphatic heterocycles. The Balaban J connectivity index is 1.65. The molecule has 8 heteroatoms. The molecule has 0 saturated carbocycles. The van der Waals surface area contributed by atoms with Crippen molar-refractivity contribution in [3.63, 3.8) is 0 Å². The maximum Gasteiger partial charge on any atom is 0.248 e. The van der Waals surface area contributed by atoms with Crippen molar-refractivity contribution in [1.29, 1.82) is 0 Å². The first-order valence-electron chi connectivity index (χ1n) is 8.76. The number of aromatic nitrogens is 1. The number of rotatable bonds is 4. The van der Waals surface area contributed by atoms with Crippen LogP contribution in [0.2, 0.25) is 0 Å². The number of benzene rings is 1. The van der Waals surface area contributed by atoms with Crippen molar-refractivity contribution >= 4 is 22.0 Å². The van der Waals surface area contributed by atoms with E-state index in [0.717, 1.165) is 11.1 Å². The van der Waals surface area contributed by atoms with Gasteiger partial charge >= 0.3 is 0 Å². The first-order chi connectivity index (χ1) is 12.8. The molecule has 1 aromatic heterocycles. The van der Waals surface area contributed by atoms with Crippen LogP contribution in [0.4, 0.5) is 0 Å². The van der Waals surface area contributed by atoms with E-state index in [1.165, 1.54) is 4.31 Å². The fourth-order valence-corrected chi connectivity index (χ4v) is 4.87. The highest BCUT2D eigenvalue weighted by atomic mass is 32.2. The van der Waals surface area contributed by atoms with Gasteiger partial charge in [0.15, 0.2) is 5.76 Å². The first-order valence-corrected chi connectivity index (χ1v) is 10.2. The van der Waals surface area contributed by atoms with Crippen LogP contribution in [0, 0.1) is 20.8 Å². The largest absolute Gasteiger partial charge is 0.360 e. The fraction of sp³-hybridized carbons (Fsp3) is 0.368. The zero-order valence-electron chi connectivity index (χ0n) is 15.7. The van der Waals surface area contributed by atoms with Crippen molar-refractivity contribution in [3.05, 3.63) is 52.9 Å². The highest BCUT2D eigenvalue weighted by Crippen LogP contribution is 2.24. The molecular formula is C19H23N3O4S. The maximum absolute atomic E-state index is 12.8. The van der Waals surface area contributed by atoms with Gasteiger partial charge in [-0.25, -0.2) is 8.42 Å². The Hall–Kier alpha value is -2.45. The van der Waals surface area contributed by atoms with E-state index < -0.39 is 10.0 Å². The molecule has 2 aromatic rings. The molecule has 1 aliphatic rings. The molecule has 0 unspecified atom stereocenters.